The summed E-state index contributed by atoms with van der Waals surface area (Å²) in [5.41, 5.74) is 4.29. The van der Waals surface area contributed by atoms with Crippen molar-refractivity contribution >= 4 is 62.3 Å². The van der Waals surface area contributed by atoms with Gasteiger partial charge in [0.1, 0.15) is 11.6 Å². The van der Waals surface area contributed by atoms with E-state index in [1.54, 1.807) is 48.5 Å². The molecular weight excluding hydrogens is 572 g/mol. The largest absolute Gasteiger partial charge is 0.206 e. The van der Waals surface area contributed by atoms with Gasteiger partial charge in [0, 0.05) is 16.5 Å². The van der Waals surface area contributed by atoms with E-state index >= 15 is 0 Å². The Bertz CT molecular complexity index is 1290. The van der Waals surface area contributed by atoms with Crippen molar-refractivity contribution in [2.24, 2.45) is 0 Å². The summed E-state index contributed by atoms with van der Waals surface area (Å²) in [6, 6.07) is 20.4. The summed E-state index contributed by atoms with van der Waals surface area (Å²) in [5.74, 6) is -0.515. The Balaban J connectivity index is 0.000000186. The zero-order valence-electron chi connectivity index (χ0n) is 17.3. The van der Waals surface area contributed by atoms with Gasteiger partial charge in [-0.15, -0.1) is 0 Å². The maximum atomic E-state index is 13.9. The maximum absolute atomic E-state index is 13.9. The first kappa shape index (κ1) is 26.0. The Hall–Kier alpha value is -1.62. The molecule has 0 nitrogen and oxygen atoms in total. The van der Waals surface area contributed by atoms with Crippen molar-refractivity contribution in [2.45, 2.75) is 12.3 Å². The molecule has 33 heavy (non-hydrogen) atoms. The lowest BCUT2D eigenvalue weighted by Gasteiger charge is -2.06. The first-order valence-corrected chi connectivity index (χ1v) is 12.3. The molecule has 0 bridgehead atoms. The molecule has 4 aromatic carbocycles. The van der Waals surface area contributed by atoms with Gasteiger partial charge in [-0.1, -0.05) is 98.7 Å². The van der Waals surface area contributed by atoms with E-state index in [-0.39, 0.29) is 11.6 Å². The minimum absolute atomic E-state index is 0.251. The average Bonchev–Trinajstić information content (AvgIpc) is 2.78. The summed E-state index contributed by atoms with van der Waals surface area (Å²) in [6.07, 6.45) is 0. The first-order valence-electron chi connectivity index (χ1n) is 9.71. The summed E-state index contributed by atoms with van der Waals surface area (Å²) < 4.78 is 27.6. The van der Waals surface area contributed by atoms with Gasteiger partial charge in [-0.2, -0.15) is 0 Å². The number of rotatable bonds is 3. The minimum Gasteiger partial charge on any atom is -0.206 e. The van der Waals surface area contributed by atoms with Crippen molar-refractivity contribution in [1.82, 2.24) is 0 Å². The molecule has 0 amide bonds. The lowest BCUT2D eigenvalue weighted by Crippen LogP contribution is -1.87. The first-order chi connectivity index (χ1) is 15.7. The van der Waals surface area contributed by atoms with E-state index < -0.39 is 0 Å². The van der Waals surface area contributed by atoms with E-state index in [2.05, 4.69) is 15.9 Å². The molecule has 0 fully saturated rings. The smallest absolute Gasteiger partial charge is 0.131 e. The SMILES string of the molecule is Cc1ccc(-c2ccc(Cl)c(Cl)c2)c(F)c1.Fc1cc(CBr)ccc1-c1ccc(Cl)c(Cl)c1. The topological polar surface area (TPSA) is 0 Å². The van der Waals surface area contributed by atoms with E-state index in [9.17, 15) is 8.78 Å². The van der Waals surface area contributed by atoms with Crippen LogP contribution in [-0.4, -0.2) is 0 Å². The second-order valence-electron chi connectivity index (χ2n) is 7.19. The van der Waals surface area contributed by atoms with Gasteiger partial charge in [-0.3, -0.25) is 0 Å². The van der Waals surface area contributed by atoms with Crippen LogP contribution in [0.4, 0.5) is 8.78 Å². The van der Waals surface area contributed by atoms with Crippen molar-refractivity contribution in [2.75, 3.05) is 0 Å². The molecule has 0 aliphatic heterocycles. The van der Waals surface area contributed by atoms with Gasteiger partial charge in [0.05, 0.1) is 20.1 Å². The molecule has 0 unspecified atom stereocenters. The Morgan fingerprint density at radius 3 is 1.52 bits per heavy atom. The zero-order chi connectivity index (χ0) is 24.1. The summed E-state index contributed by atoms with van der Waals surface area (Å²) in [4.78, 5) is 0. The van der Waals surface area contributed by atoms with Gasteiger partial charge < -0.3 is 0 Å². The molecule has 0 saturated carbocycles. The molecule has 4 aromatic rings. The van der Waals surface area contributed by atoms with Crippen LogP contribution >= 0.6 is 62.3 Å². The molecule has 0 N–H and O–H groups in total. The number of hydrogen-bond donors (Lipinski definition) is 0. The van der Waals surface area contributed by atoms with Gasteiger partial charge in [0.15, 0.2) is 0 Å². The van der Waals surface area contributed by atoms with Crippen LogP contribution < -0.4 is 0 Å². The van der Waals surface area contributed by atoms with Gasteiger partial charge in [-0.25, -0.2) is 8.78 Å². The van der Waals surface area contributed by atoms with Crippen molar-refractivity contribution in [3.63, 3.8) is 0 Å². The summed E-state index contributed by atoms with van der Waals surface area (Å²) in [5, 5.41) is 2.42. The molecule has 0 spiro atoms. The van der Waals surface area contributed by atoms with Crippen LogP contribution in [0.1, 0.15) is 11.1 Å². The lowest BCUT2D eigenvalue weighted by atomic mass is 10.0. The van der Waals surface area contributed by atoms with Crippen molar-refractivity contribution < 1.29 is 8.78 Å². The zero-order valence-corrected chi connectivity index (χ0v) is 21.9. The predicted molar refractivity (Wildman–Crippen MR) is 141 cm³/mol. The molecule has 0 aliphatic carbocycles. The molecule has 7 heteroatoms. The maximum Gasteiger partial charge on any atom is 0.131 e. The molecule has 0 aliphatic rings. The molecule has 170 valence electrons. The molecule has 4 rings (SSSR count). The van der Waals surface area contributed by atoms with Crippen molar-refractivity contribution in [1.29, 1.82) is 0 Å². The van der Waals surface area contributed by atoms with E-state index in [4.69, 9.17) is 46.4 Å². The highest BCUT2D eigenvalue weighted by molar-refractivity contribution is 9.08. The second kappa shape index (κ2) is 11.7. The standard InChI is InChI=1S/C13H8BrCl2F.C13H9Cl2F/c14-7-8-1-3-10(13(17)5-8)9-2-4-11(15)12(16)6-9;1-8-2-4-10(13(16)6-8)9-3-5-11(14)12(15)7-9/h1-6H,7H2;2-7H,1H3. The fraction of sp³-hybridized carbons (Fsp3) is 0.0769. The highest BCUT2D eigenvalue weighted by Gasteiger charge is 2.08. The third-order valence-electron chi connectivity index (χ3n) is 4.77. The summed E-state index contributed by atoms with van der Waals surface area (Å²) >= 11 is 26.7. The highest BCUT2D eigenvalue weighted by Crippen LogP contribution is 2.31. The quantitative estimate of drug-likeness (QED) is 0.209. The van der Waals surface area contributed by atoms with Crippen molar-refractivity contribution in [3.05, 3.63) is 116 Å². The average molecular weight is 589 g/mol. The molecule has 0 atom stereocenters. The van der Waals surface area contributed by atoms with E-state index in [0.29, 0.717) is 36.5 Å². The second-order valence-corrected chi connectivity index (χ2v) is 9.38. The van der Waals surface area contributed by atoms with Crippen LogP contribution in [0.2, 0.25) is 20.1 Å². The molecule has 0 radical (unpaired) electrons. The monoisotopic (exact) mass is 586 g/mol. The number of alkyl halides is 1. The van der Waals surface area contributed by atoms with Gasteiger partial charge in [0.25, 0.3) is 0 Å². The Morgan fingerprint density at radius 2 is 1.09 bits per heavy atom. The Morgan fingerprint density at radius 1 is 0.606 bits per heavy atom. The van der Waals surface area contributed by atoms with Crippen LogP contribution in [0.15, 0.2) is 72.8 Å². The molecule has 0 saturated heterocycles. The summed E-state index contributed by atoms with van der Waals surface area (Å²) in [7, 11) is 0. The Kier molecular flexibility index (Phi) is 9.20. The van der Waals surface area contributed by atoms with Crippen LogP contribution in [0.5, 0.6) is 0 Å². The Labute approximate surface area is 220 Å². The van der Waals surface area contributed by atoms with E-state index in [1.165, 1.54) is 12.1 Å². The van der Waals surface area contributed by atoms with Crippen LogP contribution in [0.25, 0.3) is 22.3 Å². The lowest BCUT2D eigenvalue weighted by molar-refractivity contribution is 0.629. The van der Waals surface area contributed by atoms with E-state index in [1.807, 2.05) is 19.1 Å². The predicted octanol–water partition coefficient (Wildman–Crippen LogP) is 10.8. The van der Waals surface area contributed by atoms with Crippen LogP contribution in [-0.2, 0) is 5.33 Å². The molecule has 0 heterocycles. The number of hydrogen-bond acceptors (Lipinski definition) is 0. The normalized spacial score (nSPS) is 10.5. The number of benzene rings is 4. The number of halogens is 7. The summed E-state index contributed by atoms with van der Waals surface area (Å²) in [6.45, 7) is 1.85. The third-order valence-corrected chi connectivity index (χ3v) is 6.90. The van der Waals surface area contributed by atoms with Gasteiger partial charge >= 0.3 is 0 Å². The molecule has 0 aromatic heterocycles. The fourth-order valence-corrected chi connectivity index (χ4v) is 4.00. The number of aryl methyl sites for hydroxylation is 1. The van der Waals surface area contributed by atoms with Crippen molar-refractivity contribution in [3.8, 4) is 22.3 Å². The highest BCUT2D eigenvalue weighted by atomic mass is 79.9. The van der Waals surface area contributed by atoms with E-state index in [0.717, 1.165) is 22.3 Å². The minimum atomic E-state index is -0.264. The van der Waals surface area contributed by atoms with Crippen LogP contribution in [0, 0.1) is 18.6 Å². The van der Waals surface area contributed by atoms with Gasteiger partial charge in [0.2, 0.25) is 0 Å². The third kappa shape index (κ3) is 6.71. The van der Waals surface area contributed by atoms with Crippen LogP contribution in [0.3, 0.4) is 0 Å². The van der Waals surface area contributed by atoms with Gasteiger partial charge in [-0.05, 0) is 65.6 Å². The fourth-order valence-electron chi connectivity index (χ4n) is 3.06. The molecular formula is C26H17BrCl4F2.